The first-order valence-corrected chi connectivity index (χ1v) is 8.82. The van der Waals surface area contributed by atoms with E-state index in [0.29, 0.717) is 11.0 Å². The first-order chi connectivity index (χ1) is 10.9. The number of aliphatic hydroxyl groups excluding tert-OH is 1. The summed E-state index contributed by atoms with van der Waals surface area (Å²) in [6.45, 7) is -0.873. The number of carboxylic acid groups (broad SMARTS) is 1. The summed E-state index contributed by atoms with van der Waals surface area (Å²) in [7, 11) is 1.02. The van der Waals surface area contributed by atoms with Gasteiger partial charge in [-0.05, 0) is 12.8 Å². The topological polar surface area (TPSA) is 145 Å². The summed E-state index contributed by atoms with van der Waals surface area (Å²) in [5, 5.41) is 19.3. The van der Waals surface area contributed by atoms with Crippen molar-refractivity contribution in [1.82, 2.24) is 0 Å². The average molecular weight is 370 g/mol. The molecule has 0 fully saturated rings. The van der Waals surface area contributed by atoms with Crippen molar-refractivity contribution < 1.29 is 47.5 Å². The highest BCUT2D eigenvalue weighted by Gasteiger charge is 2.19. The van der Waals surface area contributed by atoms with Crippen LogP contribution in [0.5, 0.6) is 0 Å². The third-order valence-electron chi connectivity index (χ3n) is 2.69. The lowest BCUT2D eigenvalue weighted by Gasteiger charge is -2.28. The Bertz CT molecular complexity index is 449. The number of hydrogen-bond acceptors (Lipinski definition) is 9. The highest BCUT2D eigenvalue weighted by Crippen LogP contribution is 2.38. The van der Waals surface area contributed by atoms with E-state index in [9.17, 15) is 24.2 Å². The van der Waals surface area contributed by atoms with Crippen LogP contribution in [0.2, 0.25) is 0 Å². The smallest absolute Gasteiger partial charge is 0.306 e. The molecule has 0 heterocycles. The van der Waals surface area contributed by atoms with Crippen molar-refractivity contribution in [2.24, 2.45) is 0 Å². The molecule has 2 atom stereocenters. The first kappa shape index (κ1) is 23.0. The first-order valence-electron chi connectivity index (χ1n) is 7.36. The number of nitrogens with zero attached hydrogens (tertiary/aromatic N) is 1. The number of carbonyl (C=O) groups is 2. The van der Waals surface area contributed by atoms with Crippen molar-refractivity contribution in [3.63, 3.8) is 0 Å². The van der Waals surface area contributed by atoms with Gasteiger partial charge in [-0.1, -0.05) is 0 Å². The summed E-state index contributed by atoms with van der Waals surface area (Å²) < 4.78 is 26.1. The van der Waals surface area contributed by atoms with Gasteiger partial charge in [-0.3, -0.25) is 9.36 Å². The maximum absolute atomic E-state index is 11.6. The minimum atomic E-state index is -4.57. The summed E-state index contributed by atoms with van der Waals surface area (Å²) >= 11 is 0. The maximum atomic E-state index is 11.6. The monoisotopic (exact) mass is 370 g/mol. The molecule has 1 N–H and O–H groups in total. The van der Waals surface area contributed by atoms with Crippen LogP contribution in [0.4, 0.5) is 0 Å². The zero-order valence-electron chi connectivity index (χ0n) is 14.1. The van der Waals surface area contributed by atoms with Crippen molar-refractivity contribution in [3.8, 4) is 0 Å². The van der Waals surface area contributed by atoms with Crippen molar-refractivity contribution in [1.29, 1.82) is 0 Å². The van der Waals surface area contributed by atoms with Crippen LogP contribution in [-0.4, -0.2) is 75.1 Å². The largest absolute Gasteiger partial charge is 0.756 e. The number of carbonyl (C=O) groups excluding carboxylic acids is 2. The second-order valence-electron chi connectivity index (χ2n) is 6.11. The Morgan fingerprint density at radius 2 is 1.83 bits per heavy atom. The second kappa shape index (κ2) is 10.8. The molecule has 0 spiro atoms. The van der Waals surface area contributed by atoms with E-state index in [4.69, 9.17) is 9.84 Å². The van der Waals surface area contributed by atoms with Gasteiger partial charge in [-0.25, -0.2) is 0 Å². The molecule has 24 heavy (non-hydrogen) atoms. The van der Waals surface area contributed by atoms with Gasteiger partial charge in [-0.15, -0.1) is 0 Å². The quantitative estimate of drug-likeness (QED) is 0.221. The maximum Gasteiger partial charge on any atom is 0.306 e. The van der Waals surface area contributed by atoms with E-state index in [2.05, 4.69) is 9.05 Å². The fraction of sp³-hybridized carbons (Fsp3) is 0.846. The lowest BCUT2D eigenvalue weighted by atomic mass is 10.2. The molecule has 0 aromatic heterocycles. The van der Waals surface area contributed by atoms with Gasteiger partial charge in [0.2, 0.25) is 0 Å². The lowest BCUT2D eigenvalue weighted by Crippen LogP contribution is -2.37. The van der Waals surface area contributed by atoms with Crippen LogP contribution in [0, 0.1) is 0 Å². The molecule has 0 bridgehead atoms. The SMILES string of the molecule is C[N+](C)(C)CCOP(=O)([O-])OC[C@@H](CO)OC(=O)CCCC(=O)[O-]. The van der Waals surface area contributed by atoms with E-state index in [1.165, 1.54) is 0 Å². The molecule has 0 rings (SSSR count). The number of likely N-dealkylation sites (N-methyl/N-ethyl adjacent to an activating group) is 1. The van der Waals surface area contributed by atoms with Crippen LogP contribution in [0.15, 0.2) is 0 Å². The number of aliphatic carboxylic acids is 1. The number of esters is 1. The van der Waals surface area contributed by atoms with Gasteiger partial charge in [0.25, 0.3) is 7.82 Å². The van der Waals surface area contributed by atoms with Crippen LogP contribution in [0.25, 0.3) is 0 Å². The standard InChI is InChI=1S/C13H26NO9P/c1-14(2,3)7-8-21-24(19,20)22-10-11(9-15)23-13(18)6-4-5-12(16)17/h11,15H,4-10H2,1-3H3,(H-,16,17,19,20)/p-1/t11-/m1/s1. The molecule has 142 valence electrons. The van der Waals surface area contributed by atoms with E-state index in [1.807, 2.05) is 21.1 Å². The van der Waals surface area contributed by atoms with E-state index >= 15 is 0 Å². The number of phosphoric ester groups is 1. The summed E-state index contributed by atoms with van der Waals surface area (Å²) in [6, 6.07) is 0. The van der Waals surface area contributed by atoms with E-state index in [1.54, 1.807) is 0 Å². The average Bonchev–Trinajstić information content (AvgIpc) is 2.41. The van der Waals surface area contributed by atoms with Crippen molar-refractivity contribution in [3.05, 3.63) is 0 Å². The number of ether oxygens (including phenoxy) is 1. The molecule has 10 nitrogen and oxygen atoms in total. The summed E-state index contributed by atoms with van der Waals surface area (Å²) in [5.41, 5.74) is 0. The van der Waals surface area contributed by atoms with E-state index < -0.39 is 39.1 Å². The Hall–Kier alpha value is -1.03. The number of carboxylic acids is 1. The molecule has 0 aromatic carbocycles. The molecule has 1 unspecified atom stereocenters. The van der Waals surface area contributed by atoms with Crippen molar-refractivity contribution in [2.45, 2.75) is 25.4 Å². The van der Waals surface area contributed by atoms with Gasteiger partial charge in [-0.2, -0.15) is 0 Å². The normalized spacial score (nSPS) is 15.5. The van der Waals surface area contributed by atoms with Crippen molar-refractivity contribution >= 4 is 19.8 Å². The molecule has 0 aliphatic carbocycles. The highest BCUT2D eigenvalue weighted by molar-refractivity contribution is 7.45. The minimum Gasteiger partial charge on any atom is -0.756 e. The summed E-state index contributed by atoms with van der Waals surface area (Å²) in [4.78, 5) is 33.2. The van der Waals surface area contributed by atoms with Crippen molar-refractivity contribution in [2.75, 3.05) is 47.5 Å². The Morgan fingerprint density at radius 1 is 1.21 bits per heavy atom. The van der Waals surface area contributed by atoms with E-state index in [0.717, 1.165) is 0 Å². The molecule has 0 saturated carbocycles. The summed E-state index contributed by atoms with van der Waals surface area (Å²) in [6.07, 6.45) is -1.66. The second-order valence-corrected chi connectivity index (χ2v) is 7.52. The van der Waals surface area contributed by atoms with Crippen LogP contribution in [-0.2, 0) is 27.9 Å². The van der Waals surface area contributed by atoms with Gasteiger partial charge in [0.05, 0.1) is 34.4 Å². The minimum absolute atomic E-state index is 0.0222. The van der Waals surface area contributed by atoms with Crippen LogP contribution in [0.3, 0.4) is 0 Å². The molecule has 0 saturated heterocycles. The van der Waals surface area contributed by atoms with Crippen LogP contribution >= 0.6 is 7.82 Å². The third-order valence-corrected chi connectivity index (χ3v) is 3.66. The third kappa shape index (κ3) is 13.4. The van der Waals surface area contributed by atoms with Gasteiger partial charge < -0.3 is 38.2 Å². The number of hydrogen-bond donors (Lipinski definition) is 1. The molecule has 0 radical (unpaired) electrons. The number of quaternary nitrogens is 1. The Balaban J connectivity index is 4.15. The fourth-order valence-corrected chi connectivity index (χ4v) is 2.11. The molecule has 0 aromatic rings. The molecular formula is C13H25NO9P-. The summed E-state index contributed by atoms with van der Waals surface area (Å²) in [5.74, 6) is -2.06. The van der Waals surface area contributed by atoms with Gasteiger partial charge in [0.1, 0.15) is 19.3 Å². The molecule has 0 amide bonds. The van der Waals surface area contributed by atoms with Gasteiger partial charge in [0.15, 0.2) is 0 Å². The number of phosphoric acid groups is 1. The zero-order valence-corrected chi connectivity index (χ0v) is 15.0. The molecule has 0 aliphatic rings. The lowest BCUT2D eigenvalue weighted by molar-refractivity contribution is -0.870. The Kier molecular flexibility index (Phi) is 10.3. The molecule has 0 aliphatic heterocycles. The van der Waals surface area contributed by atoms with Crippen LogP contribution in [0.1, 0.15) is 19.3 Å². The van der Waals surface area contributed by atoms with E-state index in [-0.39, 0.29) is 25.9 Å². The van der Waals surface area contributed by atoms with Gasteiger partial charge >= 0.3 is 5.97 Å². The molecule has 11 heteroatoms. The Labute approximate surface area is 141 Å². The Morgan fingerprint density at radius 3 is 2.33 bits per heavy atom. The molecular weight excluding hydrogens is 345 g/mol. The predicted molar refractivity (Wildman–Crippen MR) is 78.2 cm³/mol. The zero-order chi connectivity index (χ0) is 18.8. The number of aliphatic hydroxyl groups is 1. The number of rotatable bonds is 13. The van der Waals surface area contributed by atoms with Gasteiger partial charge in [0, 0.05) is 12.4 Å². The highest BCUT2D eigenvalue weighted by atomic mass is 31.2. The van der Waals surface area contributed by atoms with Crippen LogP contribution < -0.4 is 10.00 Å². The predicted octanol–water partition coefficient (Wildman–Crippen LogP) is -1.98. The fourth-order valence-electron chi connectivity index (χ4n) is 1.38.